The summed E-state index contributed by atoms with van der Waals surface area (Å²) in [6.07, 6.45) is 0. The van der Waals surface area contributed by atoms with E-state index in [9.17, 15) is 9.18 Å². The van der Waals surface area contributed by atoms with Crippen LogP contribution in [0.1, 0.15) is 0 Å². The van der Waals surface area contributed by atoms with Crippen LogP contribution in [0.25, 0.3) is 9.88 Å². The number of halogens is 1. The Kier molecular flexibility index (Phi) is 4.40. The predicted molar refractivity (Wildman–Crippen MR) is 83.7 cm³/mol. The van der Waals surface area contributed by atoms with Crippen molar-refractivity contribution in [2.24, 2.45) is 0 Å². The largest absolute Gasteiger partial charge is 0.484 e. The third kappa shape index (κ3) is 3.66. The minimum Gasteiger partial charge on any atom is -0.484 e. The lowest BCUT2D eigenvalue weighted by atomic mass is 10.3. The number of nitrogens with zero attached hydrogens (tertiary/aromatic N) is 2. The highest BCUT2D eigenvalue weighted by molar-refractivity contribution is 7.23. The summed E-state index contributed by atoms with van der Waals surface area (Å²) in [5, 5.41) is 13.7. The molecule has 112 valence electrons. The van der Waals surface area contributed by atoms with Gasteiger partial charge in [-0.25, -0.2) is 4.39 Å². The lowest BCUT2D eigenvalue weighted by Crippen LogP contribution is -2.20. The van der Waals surface area contributed by atoms with Crippen LogP contribution < -0.4 is 10.1 Å². The van der Waals surface area contributed by atoms with Crippen molar-refractivity contribution < 1.29 is 13.9 Å². The molecule has 1 N–H and O–H groups in total. The van der Waals surface area contributed by atoms with E-state index in [0.717, 1.165) is 9.88 Å². The minimum absolute atomic E-state index is 0.181. The van der Waals surface area contributed by atoms with Gasteiger partial charge in [0.25, 0.3) is 5.91 Å². The van der Waals surface area contributed by atoms with E-state index in [2.05, 4.69) is 15.5 Å². The number of ether oxygens (including phenoxy) is 1. The zero-order valence-electron chi connectivity index (χ0n) is 11.2. The van der Waals surface area contributed by atoms with E-state index in [1.165, 1.54) is 35.6 Å². The number of benzene rings is 1. The summed E-state index contributed by atoms with van der Waals surface area (Å²) in [6.45, 7) is -0.181. The molecular weight excluding hydrogens is 325 g/mol. The van der Waals surface area contributed by atoms with Gasteiger partial charge in [0.15, 0.2) is 11.6 Å². The van der Waals surface area contributed by atoms with E-state index in [0.29, 0.717) is 10.9 Å². The normalized spacial score (nSPS) is 10.4. The van der Waals surface area contributed by atoms with Gasteiger partial charge in [-0.2, -0.15) is 0 Å². The molecule has 2 aromatic heterocycles. The Labute approximate surface area is 133 Å². The Morgan fingerprint density at radius 3 is 2.77 bits per heavy atom. The fraction of sp³-hybridized carbons (Fsp3) is 0.0714. The Hall–Kier alpha value is -2.32. The van der Waals surface area contributed by atoms with Crippen LogP contribution >= 0.6 is 22.7 Å². The van der Waals surface area contributed by atoms with Crippen molar-refractivity contribution >= 4 is 33.7 Å². The summed E-state index contributed by atoms with van der Waals surface area (Å²) < 4.78 is 18.0. The Balaban J connectivity index is 1.54. The van der Waals surface area contributed by atoms with Crippen LogP contribution in [0.5, 0.6) is 5.75 Å². The second kappa shape index (κ2) is 6.63. The molecule has 0 fully saturated rings. The molecule has 8 heteroatoms. The molecule has 1 amide bonds. The molecule has 1 aromatic carbocycles. The lowest BCUT2D eigenvalue weighted by molar-refractivity contribution is -0.118. The molecule has 0 aliphatic carbocycles. The number of carbonyl (C=O) groups is 1. The maximum absolute atomic E-state index is 12.7. The van der Waals surface area contributed by atoms with Crippen molar-refractivity contribution in [3.8, 4) is 15.6 Å². The smallest absolute Gasteiger partial charge is 0.264 e. The Bertz CT molecular complexity index is 757. The molecule has 3 rings (SSSR count). The number of carbonyl (C=O) groups excluding carboxylic acids is 1. The van der Waals surface area contributed by atoms with Crippen LogP contribution in [0.4, 0.5) is 9.52 Å². The first-order valence-corrected chi connectivity index (χ1v) is 7.96. The molecule has 22 heavy (non-hydrogen) atoms. The second-order valence-electron chi connectivity index (χ2n) is 4.18. The Morgan fingerprint density at radius 1 is 1.23 bits per heavy atom. The molecule has 3 aromatic rings. The number of thiophene rings is 1. The summed E-state index contributed by atoms with van der Waals surface area (Å²) in [7, 11) is 0. The number of anilines is 1. The summed E-state index contributed by atoms with van der Waals surface area (Å²) in [5.74, 6) is -0.280. The molecule has 0 aliphatic heterocycles. The number of hydrogen-bond acceptors (Lipinski definition) is 6. The van der Waals surface area contributed by atoms with Gasteiger partial charge in [-0.15, -0.1) is 21.5 Å². The second-order valence-corrected chi connectivity index (χ2v) is 6.11. The highest BCUT2D eigenvalue weighted by Gasteiger charge is 2.10. The summed E-state index contributed by atoms with van der Waals surface area (Å²) in [6, 6.07) is 9.33. The van der Waals surface area contributed by atoms with Gasteiger partial charge in [0.2, 0.25) is 5.13 Å². The van der Waals surface area contributed by atoms with Crippen molar-refractivity contribution in [1.29, 1.82) is 0 Å². The highest BCUT2D eigenvalue weighted by Crippen LogP contribution is 2.29. The highest BCUT2D eigenvalue weighted by atomic mass is 32.1. The van der Waals surface area contributed by atoms with Crippen LogP contribution in [0, 0.1) is 5.82 Å². The first-order chi connectivity index (χ1) is 10.7. The van der Waals surface area contributed by atoms with Crippen molar-refractivity contribution in [2.45, 2.75) is 0 Å². The molecular formula is C14H10FN3O2S2. The molecule has 0 unspecified atom stereocenters. The van der Waals surface area contributed by atoms with Crippen LogP contribution in [0.15, 0.2) is 41.8 Å². The van der Waals surface area contributed by atoms with E-state index in [4.69, 9.17) is 4.74 Å². The Morgan fingerprint density at radius 2 is 2.05 bits per heavy atom. The first-order valence-electron chi connectivity index (χ1n) is 6.26. The van der Waals surface area contributed by atoms with Crippen LogP contribution in [0.2, 0.25) is 0 Å². The van der Waals surface area contributed by atoms with Crippen molar-refractivity contribution in [3.05, 3.63) is 47.6 Å². The number of aromatic nitrogens is 2. The number of rotatable bonds is 5. The fourth-order valence-electron chi connectivity index (χ4n) is 1.61. The quantitative estimate of drug-likeness (QED) is 0.776. The number of hydrogen-bond donors (Lipinski definition) is 1. The molecule has 0 saturated carbocycles. The van der Waals surface area contributed by atoms with Gasteiger partial charge in [0.05, 0.1) is 4.88 Å². The van der Waals surface area contributed by atoms with E-state index in [1.807, 2.05) is 17.5 Å². The maximum atomic E-state index is 12.7. The van der Waals surface area contributed by atoms with Gasteiger partial charge in [-0.05, 0) is 35.7 Å². The van der Waals surface area contributed by atoms with Crippen LogP contribution in [-0.2, 0) is 4.79 Å². The number of amides is 1. The molecule has 0 spiro atoms. The molecule has 0 atom stereocenters. The van der Waals surface area contributed by atoms with E-state index in [-0.39, 0.29) is 18.3 Å². The zero-order valence-corrected chi connectivity index (χ0v) is 12.8. The fourth-order valence-corrected chi connectivity index (χ4v) is 3.16. The van der Waals surface area contributed by atoms with Crippen molar-refractivity contribution in [2.75, 3.05) is 11.9 Å². The first kappa shape index (κ1) is 14.6. The van der Waals surface area contributed by atoms with Gasteiger partial charge in [-0.1, -0.05) is 17.4 Å². The average Bonchev–Trinajstić information content (AvgIpc) is 3.17. The minimum atomic E-state index is -0.355. The van der Waals surface area contributed by atoms with E-state index >= 15 is 0 Å². The summed E-state index contributed by atoms with van der Waals surface area (Å²) >= 11 is 2.85. The van der Waals surface area contributed by atoms with Crippen molar-refractivity contribution in [3.63, 3.8) is 0 Å². The van der Waals surface area contributed by atoms with Crippen molar-refractivity contribution in [1.82, 2.24) is 10.2 Å². The predicted octanol–water partition coefficient (Wildman–Crippen LogP) is 3.42. The monoisotopic (exact) mass is 335 g/mol. The average molecular weight is 335 g/mol. The number of nitrogens with one attached hydrogen (secondary N) is 1. The van der Waals surface area contributed by atoms with Gasteiger partial charge in [0.1, 0.15) is 11.6 Å². The van der Waals surface area contributed by atoms with Gasteiger partial charge < -0.3 is 4.74 Å². The molecule has 5 nitrogen and oxygen atoms in total. The zero-order chi connectivity index (χ0) is 15.4. The van der Waals surface area contributed by atoms with Gasteiger partial charge >= 0.3 is 0 Å². The molecule has 0 bridgehead atoms. The topological polar surface area (TPSA) is 64.1 Å². The van der Waals surface area contributed by atoms with Gasteiger partial charge in [-0.3, -0.25) is 10.1 Å². The summed E-state index contributed by atoms with van der Waals surface area (Å²) in [4.78, 5) is 12.8. The summed E-state index contributed by atoms with van der Waals surface area (Å²) in [5.41, 5.74) is 0. The van der Waals surface area contributed by atoms with Crippen LogP contribution in [-0.4, -0.2) is 22.7 Å². The SMILES string of the molecule is O=C(COc1ccc(F)cc1)Nc1nnc(-c2cccs2)s1. The standard InChI is InChI=1S/C14H10FN3O2S2/c15-9-3-5-10(6-4-9)20-8-12(19)16-14-18-17-13(22-14)11-2-1-7-21-11/h1-7H,8H2,(H,16,18,19). The molecule has 0 saturated heterocycles. The van der Waals surface area contributed by atoms with E-state index < -0.39 is 0 Å². The molecule has 2 heterocycles. The van der Waals surface area contributed by atoms with Gasteiger partial charge in [0, 0.05) is 0 Å². The third-order valence-corrected chi connectivity index (χ3v) is 4.46. The molecule has 0 radical (unpaired) electrons. The molecule has 0 aliphatic rings. The maximum Gasteiger partial charge on any atom is 0.264 e. The third-order valence-electron chi connectivity index (χ3n) is 2.59. The van der Waals surface area contributed by atoms with E-state index in [1.54, 1.807) is 11.3 Å². The lowest BCUT2D eigenvalue weighted by Gasteiger charge is -2.05. The van der Waals surface area contributed by atoms with Crippen LogP contribution in [0.3, 0.4) is 0 Å².